The number of pyridine rings is 1. The molecule has 20 heavy (non-hydrogen) atoms. The van der Waals surface area contributed by atoms with E-state index in [1.54, 1.807) is 6.20 Å². The Kier molecular flexibility index (Phi) is 5.24. The molecule has 0 unspecified atom stereocenters. The Labute approximate surface area is 121 Å². The van der Waals surface area contributed by atoms with Gasteiger partial charge in [0.15, 0.2) is 11.6 Å². The van der Waals surface area contributed by atoms with Gasteiger partial charge in [0.25, 0.3) is 0 Å². The first kappa shape index (κ1) is 15.1. The normalized spacial score (nSPS) is 26.2. The summed E-state index contributed by atoms with van der Waals surface area (Å²) in [5.41, 5.74) is -0.604. The lowest BCUT2D eigenvalue weighted by Crippen LogP contribution is -2.40. The summed E-state index contributed by atoms with van der Waals surface area (Å²) in [6, 6.07) is 3.76. The van der Waals surface area contributed by atoms with E-state index in [1.807, 2.05) is 19.1 Å². The number of nitrogens with one attached hydrogen (secondary N) is 1. The molecule has 1 aromatic heterocycles. The Morgan fingerprint density at radius 3 is 2.80 bits per heavy atom. The molecule has 0 saturated heterocycles. The quantitative estimate of drug-likeness (QED) is 0.839. The van der Waals surface area contributed by atoms with Gasteiger partial charge in [0.2, 0.25) is 0 Å². The molecule has 1 aliphatic rings. The van der Waals surface area contributed by atoms with E-state index in [2.05, 4.69) is 17.2 Å². The van der Waals surface area contributed by atoms with Crippen LogP contribution in [0.15, 0.2) is 18.3 Å². The van der Waals surface area contributed by atoms with E-state index in [1.165, 1.54) is 6.42 Å². The van der Waals surface area contributed by atoms with Gasteiger partial charge in [0.05, 0.1) is 12.2 Å². The molecule has 0 spiro atoms. The second kappa shape index (κ2) is 6.93. The van der Waals surface area contributed by atoms with Gasteiger partial charge in [-0.2, -0.15) is 0 Å². The van der Waals surface area contributed by atoms with Crippen LogP contribution in [0.2, 0.25) is 0 Å². The molecule has 0 aromatic carbocycles. The van der Waals surface area contributed by atoms with E-state index in [-0.39, 0.29) is 0 Å². The first-order valence-corrected chi connectivity index (χ1v) is 7.71. The molecule has 1 fully saturated rings. The first-order chi connectivity index (χ1) is 9.67. The Bertz CT molecular complexity index is 415. The first-order valence-electron chi connectivity index (χ1n) is 7.71. The van der Waals surface area contributed by atoms with Gasteiger partial charge in [-0.3, -0.25) is 0 Å². The molecule has 1 heterocycles. The highest BCUT2D eigenvalue weighted by molar-refractivity contribution is 5.49. The van der Waals surface area contributed by atoms with E-state index in [4.69, 9.17) is 4.74 Å². The van der Waals surface area contributed by atoms with Crippen molar-refractivity contribution in [2.24, 2.45) is 5.92 Å². The lowest BCUT2D eigenvalue weighted by molar-refractivity contribution is 0.00220. The SMILES string of the molecule is CCOc1cccnc1NCC1(O)CCC(CC)CC1. The van der Waals surface area contributed by atoms with Gasteiger partial charge < -0.3 is 15.2 Å². The topological polar surface area (TPSA) is 54.4 Å². The minimum Gasteiger partial charge on any atom is -0.490 e. The van der Waals surface area contributed by atoms with Gasteiger partial charge in [-0.05, 0) is 50.7 Å². The van der Waals surface area contributed by atoms with Crippen LogP contribution in [0.1, 0.15) is 46.0 Å². The fourth-order valence-electron chi connectivity index (χ4n) is 2.84. The molecule has 0 radical (unpaired) electrons. The Morgan fingerprint density at radius 2 is 2.15 bits per heavy atom. The summed E-state index contributed by atoms with van der Waals surface area (Å²) in [5, 5.41) is 13.9. The standard InChI is InChI=1S/C16H26N2O2/c1-3-13-7-9-16(19,10-8-13)12-18-15-14(20-4-2)6-5-11-17-15/h5-6,11,13,19H,3-4,7-10,12H2,1-2H3,(H,17,18). The molecule has 112 valence electrons. The smallest absolute Gasteiger partial charge is 0.168 e. The Balaban J connectivity index is 1.92. The van der Waals surface area contributed by atoms with Crippen molar-refractivity contribution in [1.29, 1.82) is 0 Å². The minimum atomic E-state index is -0.604. The minimum absolute atomic E-state index is 0.542. The summed E-state index contributed by atoms with van der Waals surface area (Å²) in [5.74, 6) is 2.25. The van der Waals surface area contributed by atoms with Crippen molar-refractivity contribution in [3.05, 3.63) is 18.3 Å². The van der Waals surface area contributed by atoms with Crippen LogP contribution in [0.5, 0.6) is 5.75 Å². The maximum Gasteiger partial charge on any atom is 0.168 e. The van der Waals surface area contributed by atoms with Crippen molar-refractivity contribution in [2.45, 2.75) is 51.6 Å². The zero-order chi connectivity index (χ0) is 14.4. The molecular formula is C16H26N2O2. The van der Waals surface area contributed by atoms with Gasteiger partial charge >= 0.3 is 0 Å². The molecule has 1 saturated carbocycles. The highest BCUT2D eigenvalue weighted by Gasteiger charge is 2.32. The summed E-state index contributed by atoms with van der Waals surface area (Å²) in [6.07, 6.45) is 6.94. The average molecular weight is 278 g/mol. The number of nitrogens with zero attached hydrogens (tertiary/aromatic N) is 1. The second-order valence-corrected chi connectivity index (χ2v) is 5.71. The zero-order valence-corrected chi connectivity index (χ0v) is 12.6. The highest BCUT2D eigenvalue weighted by atomic mass is 16.5. The van der Waals surface area contributed by atoms with Crippen LogP contribution >= 0.6 is 0 Å². The van der Waals surface area contributed by atoms with Crippen LogP contribution in [0.3, 0.4) is 0 Å². The third kappa shape index (κ3) is 3.85. The third-order valence-corrected chi connectivity index (χ3v) is 4.27. The van der Waals surface area contributed by atoms with Gasteiger partial charge in [-0.1, -0.05) is 13.3 Å². The fourth-order valence-corrected chi connectivity index (χ4v) is 2.84. The van der Waals surface area contributed by atoms with Crippen LogP contribution in [0.25, 0.3) is 0 Å². The van der Waals surface area contributed by atoms with Crippen molar-refractivity contribution in [3.8, 4) is 5.75 Å². The molecule has 0 atom stereocenters. The highest BCUT2D eigenvalue weighted by Crippen LogP contribution is 2.34. The van der Waals surface area contributed by atoms with E-state index in [0.717, 1.165) is 43.2 Å². The van der Waals surface area contributed by atoms with E-state index in [0.29, 0.717) is 13.2 Å². The van der Waals surface area contributed by atoms with Crippen molar-refractivity contribution in [3.63, 3.8) is 0 Å². The summed E-state index contributed by atoms with van der Waals surface area (Å²) < 4.78 is 5.54. The van der Waals surface area contributed by atoms with Crippen LogP contribution in [-0.2, 0) is 0 Å². The molecule has 0 amide bonds. The summed E-state index contributed by atoms with van der Waals surface area (Å²) in [7, 11) is 0. The molecule has 4 heteroatoms. The van der Waals surface area contributed by atoms with Gasteiger partial charge in [0.1, 0.15) is 0 Å². The van der Waals surface area contributed by atoms with E-state index >= 15 is 0 Å². The predicted molar refractivity (Wildman–Crippen MR) is 81.1 cm³/mol. The number of ether oxygens (including phenoxy) is 1. The van der Waals surface area contributed by atoms with Crippen molar-refractivity contribution < 1.29 is 9.84 Å². The van der Waals surface area contributed by atoms with E-state index in [9.17, 15) is 5.11 Å². The molecule has 2 rings (SSSR count). The van der Waals surface area contributed by atoms with E-state index < -0.39 is 5.60 Å². The molecule has 1 aromatic rings. The van der Waals surface area contributed by atoms with Crippen molar-refractivity contribution in [1.82, 2.24) is 4.98 Å². The van der Waals surface area contributed by atoms with Crippen molar-refractivity contribution in [2.75, 3.05) is 18.5 Å². The van der Waals surface area contributed by atoms with Gasteiger partial charge in [-0.25, -0.2) is 4.98 Å². The van der Waals surface area contributed by atoms with Gasteiger partial charge in [-0.15, -0.1) is 0 Å². The maximum atomic E-state index is 10.6. The van der Waals surface area contributed by atoms with Crippen LogP contribution in [0.4, 0.5) is 5.82 Å². The number of rotatable bonds is 6. The number of aromatic nitrogens is 1. The molecule has 0 bridgehead atoms. The maximum absolute atomic E-state index is 10.6. The third-order valence-electron chi connectivity index (χ3n) is 4.27. The number of aliphatic hydroxyl groups is 1. The molecule has 4 nitrogen and oxygen atoms in total. The fraction of sp³-hybridized carbons (Fsp3) is 0.688. The number of hydrogen-bond donors (Lipinski definition) is 2. The van der Waals surface area contributed by atoms with Crippen molar-refractivity contribution >= 4 is 5.82 Å². The monoisotopic (exact) mass is 278 g/mol. The van der Waals surface area contributed by atoms with Crippen LogP contribution < -0.4 is 10.1 Å². The Morgan fingerprint density at radius 1 is 1.40 bits per heavy atom. The van der Waals surface area contributed by atoms with Crippen LogP contribution in [-0.4, -0.2) is 28.8 Å². The largest absolute Gasteiger partial charge is 0.490 e. The molecule has 2 N–H and O–H groups in total. The molecule has 0 aliphatic heterocycles. The molecular weight excluding hydrogens is 252 g/mol. The second-order valence-electron chi connectivity index (χ2n) is 5.71. The zero-order valence-electron chi connectivity index (χ0n) is 12.6. The summed E-state index contributed by atoms with van der Waals surface area (Å²) in [6.45, 7) is 5.34. The van der Waals surface area contributed by atoms with Crippen LogP contribution in [0, 0.1) is 5.92 Å². The number of hydrogen-bond acceptors (Lipinski definition) is 4. The van der Waals surface area contributed by atoms with Gasteiger partial charge in [0, 0.05) is 12.7 Å². The lowest BCUT2D eigenvalue weighted by Gasteiger charge is -2.36. The molecule has 1 aliphatic carbocycles. The lowest BCUT2D eigenvalue weighted by atomic mass is 9.78. The average Bonchev–Trinajstić information content (AvgIpc) is 2.48. The predicted octanol–water partition coefficient (Wildman–Crippen LogP) is 3.22. The summed E-state index contributed by atoms with van der Waals surface area (Å²) in [4.78, 5) is 4.30. The number of anilines is 1. The Hall–Kier alpha value is -1.29. The summed E-state index contributed by atoms with van der Waals surface area (Å²) >= 11 is 0.